The molecule has 2 aromatic carbocycles. The highest BCUT2D eigenvalue weighted by molar-refractivity contribution is 5.99. The van der Waals surface area contributed by atoms with Crippen LogP contribution < -0.4 is 4.74 Å². The van der Waals surface area contributed by atoms with Crippen LogP contribution in [0.5, 0.6) is 5.75 Å². The number of ketones is 1. The first-order valence-corrected chi connectivity index (χ1v) is 8.67. The topological polar surface area (TPSA) is 65.0 Å². The third-order valence-electron chi connectivity index (χ3n) is 5.16. The summed E-state index contributed by atoms with van der Waals surface area (Å²) in [4.78, 5) is 12.5. The average molecular weight is 354 g/mol. The average Bonchev–Trinajstić information content (AvgIpc) is 2.99. The van der Waals surface area contributed by atoms with E-state index in [1.54, 1.807) is 21.1 Å². The number of hydrogen-bond donors (Lipinski definition) is 1. The van der Waals surface area contributed by atoms with Gasteiger partial charge in [0.1, 0.15) is 11.9 Å². The molecule has 1 aliphatic heterocycles. The van der Waals surface area contributed by atoms with Gasteiger partial charge in [0.15, 0.2) is 12.1 Å². The highest BCUT2D eigenvalue weighted by Crippen LogP contribution is 2.47. The summed E-state index contributed by atoms with van der Waals surface area (Å²) in [7, 11) is 3.24. The molecule has 0 saturated carbocycles. The van der Waals surface area contributed by atoms with Crippen molar-refractivity contribution in [1.82, 2.24) is 0 Å². The predicted molar refractivity (Wildman–Crippen MR) is 95.4 cm³/mol. The van der Waals surface area contributed by atoms with E-state index in [2.05, 4.69) is 0 Å². The van der Waals surface area contributed by atoms with Crippen LogP contribution in [0.1, 0.15) is 58.4 Å². The monoisotopic (exact) mass is 354 g/mol. The minimum Gasteiger partial charge on any atom is -0.496 e. The second-order valence-corrected chi connectivity index (χ2v) is 7.24. The van der Waals surface area contributed by atoms with Crippen LogP contribution in [0.25, 0.3) is 0 Å². The van der Waals surface area contributed by atoms with Gasteiger partial charge in [-0.3, -0.25) is 4.79 Å². The molecule has 5 heteroatoms. The minimum absolute atomic E-state index is 0.0420. The minimum atomic E-state index is -0.980. The predicted octanol–water partition coefficient (Wildman–Crippen LogP) is 3.34. The van der Waals surface area contributed by atoms with Crippen molar-refractivity contribution >= 4 is 5.78 Å². The van der Waals surface area contributed by atoms with Gasteiger partial charge >= 0.3 is 0 Å². The van der Waals surface area contributed by atoms with E-state index >= 15 is 0 Å². The number of aliphatic hydroxyl groups is 1. The number of ether oxygens (including phenoxy) is 3. The van der Waals surface area contributed by atoms with Crippen LogP contribution >= 0.6 is 0 Å². The molecule has 26 heavy (non-hydrogen) atoms. The van der Waals surface area contributed by atoms with Crippen LogP contribution in [-0.2, 0) is 15.9 Å². The Balaban J connectivity index is 1.79. The van der Waals surface area contributed by atoms with Gasteiger partial charge in [0.2, 0.25) is 0 Å². The molecule has 1 N–H and O–H groups in total. The molecule has 0 spiro atoms. The largest absolute Gasteiger partial charge is 0.496 e. The molecular weight excluding hydrogens is 332 g/mol. The van der Waals surface area contributed by atoms with Crippen LogP contribution in [0, 0.1) is 0 Å². The Bertz CT molecular complexity index is 871. The number of rotatable bonds is 3. The van der Waals surface area contributed by atoms with Crippen molar-refractivity contribution < 1.29 is 24.1 Å². The van der Waals surface area contributed by atoms with Crippen molar-refractivity contribution in [3.63, 3.8) is 0 Å². The first kappa shape index (κ1) is 17.2. The molecule has 0 amide bonds. The number of methoxy groups -OCH3 is 2. The Morgan fingerprint density at radius 2 is 2.00 bits per heavy atom. The molecule has 0 fully saturated rings. The summed E-state index contributed by atoms with van der Waals surface area (Å²) >= 11 is 0. The lowest BCUT2D eigenvalue weighted by atomic mass is 9.79. The third-order valence-corrected chi connectivity index (χ3v) is 5.16. The Labute approximate surface area is 152 Å². The number of fused-ring (bicyclic) bond motifs is 2. The zero-order valence-electron chi connectivity index (χ0n) is 15.1. The number of Topliss-reactive ketones (excluding diaryl/α,β-unsaturated/α-hetero) is 1. The quantitative estimate of drug-likeness (QED) is 0.916. The zero-order chi connectivity index (χ0) is 18.5. The van der Waals surface area contributed by atoms with Gasteiger partial charge in [-0.15, -0.1) is 0 Å². The molecule has 0 unspecified atom stereocenters. The van der Waals surface area contributed by atoms with Gasteiger partial charge in [-0.1, -0.05) is 24.3 Å². The van der Waals surface area contributed by atoms with Gasteiger partial charge in [0, 0.05) is 36.6 Å². The maximum absolute atomic E-state index is 12.5. The van der Waals surface area contributed by atoms with Crippen LogP contribution in [0.3, 0.4) is 0 Å². The summed E-state index contributed by atoms with van der Waals surface area (Å²) in [5.41, 5.74) is 3.29. The lowest BCUT2D eigenvalue weighted by Crippen LogP contribution is -2.35. The van der Waals surface area contributed by atoms with E-state index in [9.17, 15) is 9.90 Å². The van der Waals surface area contributed by atoms with Crippen molar-refractivity contribution in [3.05, 3.63) is 64.2 Å². The van der Waals surface area contributed by atoms with E-state index in [-0.39, 0.29) is 18.3 Å². The van der Waals surface area contributed by atoms with Crippen molar-refractivity contribution in [1.29, 1.82) is 0 Å². The molecule has 1 heterocycles. The van der Waals surface area contributed by atoms with Gasteiger partial charge in [-0.25, -0.2) is 0 Å². The standard InChI is InChI=1S/C21H22O5/c1-21(23)10-13-8-7-12(9-15(13)16(22)11-21)19-18-14(20(25-3)26-19)5-4-6-17(18)24-2/h4-9,19-20,23H,10-11H2,1-3H3/t19-,20-,21-/m1/s1. The molecule has 5 nitrogen and oxygen atoms in total. The maximum Gasteiger partial charge on any atom is 0.185 e. The smallest absolute Gasteiger partial charge is 0.185 e. The summed E-state index contributed by atoms with van der Waals surface area (Å²) < 4.78 is 17.1. The normalized spacial score (nSPS) is 27.2. The Hall–Kier alpha value is -2.21. The van der Waals surface area contributed by atoms with Gasteiger partial charge in [0.05, 0.1) is 12.7 Å². The van der Waals surface area contributed by atoms with Crippen LogP contribution in [0.2, 0.25) is 0 Å². The number of hydrogen-bond acceptors (Lipinski definition) is 5. The number of benzene rings is 2. The summed E-state index contributed by atoms with van der Waals surface area (Å²) in [6.45, 7) is 1.70. The molecule has 2 aliphatic rings. The summed E-state index contributed by atoms with van der Waals surface area (Å²) in [5.74, 6) is 0.693. The third kappa shape index (κ3) is 2.72. The van der Waals surface area contributed by atoms with E-state index < -0.39 is 11.9 Å². The Kier molecular flexibility index (Phi) is 4.10. The molecule has 0 radical (unpaired) electrons. The van der Waals surface area contributed by atoms with Crippen LogP contribution in [-0.4, -0.2) is 30.7 Å². The molecule has 2 aromatic rings. The van der Waals surface area contributed by atoms with Crippen molar-refractivity contribution in [2.45, 2.75) is 37.8 Å². The second kappa shape index (κ2) is 6.20. The maximum atomic E-state index is 12.5. The molecule has 3 atom stereocenters. The molecular formula is C21H22O5. The van der Waals surface area contributed by atoms with E-state index in [4.69, 9.17) is 14.2 Å². The van der Waals surface area contributed by atoms with E-state index in [1.807, 2.05) is 36.4 Å². The Morgan fingerprint density at radius 1 is 1.19 bits per heavy atom. The van der Waals surface area contributed by atoms with Crippen LogP contribution in [0.15, 0.2) is 36.4 Å². The SMILES string of the molecule is COc1cccc2c1[C@@H](c1ccc3c(c1)C(=O)C[C@](C)(O)C3)O[C@H]2OC. The van der Waals surface area contributed by atoms with Crippen LogP contribution in [0.4, 0.5) is 0 Å². The molecule has 136 valence electrons. The fourth-order valence-electron chi connectivity index (χ4n) is 4.00. The van der Waals surface area contributed by atoms with Gasteiger partial charge in [-0.2, -0.15) is 0 Å². The molecule has 4 rings (SSSR count). The summed E-state index contributed by atoms with van der Waals surface area (Å²) in [5, 5.41) is 10.3. The fourth-order valence-corrected chi connectivity index (χ4v) is 4.00. The lowest BCUT2D eigenvalue weighted by Gasteiger charge is -2.29. The van der Waals surface area contributed by atoms with E-state index in [1.165, 1.54) is 0 Å². The van der Waals surface area contributed by atoms with Gasteiger partial charge in [-0.05, 0) is 30.2 Å². The first-order chi connectivity index (χ1) is 12.4. The fraction of sp³-hybridized carbons (Fsp3) is 0.381. The summed E-state index contributed by atoms with van der Waals surface area (Å²) in [6.07, 6.45) is -0.236. The van der Waals surface area contributed by atoms with Gasteiger partial charge in [0.25, 0.3) is 0 Å². The van der Waals surface area contributed by atoms with E-state index in [0.29, 0.717) is 12.0 Å². The number of carbonyl (C=O) groups is 1. The molecule has 1 aliphatic carbocycles. The lowest BCUT2D eigenvalue weighted by molar-refractivity contribution is -0.132. The zero-order valence-corrected chi connectivity index (χ0v) is 15.1. The highest BCUT2D eigenvalue weighted by atomic mass is 16.7. The number of carbonyl (C=O) groups excluding carboxylic acids is 1. The van der Waals surface area contributed by atoms with Crippen molar-refractivity contribution in [2.75, 3.05) is 14.2 Å². The van der Waals surface area contributed by atoms with Gasteiger partial charge < -0.3 is 19.3 Å². The highest BCUT2D eigenvalue weighted by Gasteiger charge is 2.37. The van der Waals surface area contributed by atoms with Crippen molar-refractivity contribution in [3.8, 4) is 5.75 Å². The Morgan fingerprint density at radius 3 is 2.73 bits per heavy atom. The van der Waals surface area contributed by atoms with E-state index in [0.717, 1.165) is 28.0 Å². The molecule has 0 aromatic heterocycles. The molecule has 0 bridgehead atoms. The molecule has 0 saturated heterocycles. The van der Waals surface area contributed by atoms with Crippen molar-refractivity contribution in [2.24, 2.45) is 0 Å². The first-order valence-electron chi connectivity index (χ1n) is 8.67. The second-order valence-electron chi connectivity index (χ2n) is 7.24. The summed E-state index contributed by atoms with van der Waals surface area (Å²) in [6, 6.07) is 11.5.